The van der Waals surface area contributed by atoms with Crippen LogP contribution in [0.15, 0.2) is 18.2 Å². The highest BCUT2D eigenvalue weighted by molar-refractivity contribution is 5.31. The fourth-order valence-electron chi connectivity index (χ4n) is 1.89. The number of benzene rings is 1. The van der Waals surface area contributed by atoms with Crippen molar-refractivity contribution in [3.05, 3.63) is 34.9 Å². The highest BCUT2D eigenvalue weighted by atomic mass is 16.7. The minimum Gasteiger partial charge on any atom is -0.354 e. The van der Waals surface area contributed by atoms with E-state index in [1.54, 1.807) is 14.2 Å². The molecule has 0 aliphatic heterocycles. The molecule has 0 saturated heterocycles. The Balaban J connectivity index is 3.02. The normalized spacial score (nSPS) is 13.1. The predicted molar refractivity (Wildman–Crippen MR) is 63.8 cm³/mol. The Bertz CT molecular complexity index is 318. The molecule has 0 spiro atoms. The summed E-state index contributed by atoms with van der Waals surface area (Å²) in [4.78, 5) is 0. The molecule has 1 rings (SSSR count). The predicted octanol–water partition coefficient (Wildman–Crippen LogP) is 1.43. The molecule has 4 nitrogen and oxygen atoms in total. The van der Waals surface area contributed by atoms with E-state index in [1.165, 1.54) is 11.1 Å². The molecule has 3 N–H and O–H groups in total. The van der Waals surface area contributed by atoms with Crippen molar-refractivity contribution in [2.75, 3.05) is 14.2 Å². The zero-order chi connectivity index (χ0) is 12.1. The van der Waals surface area contributed by atoms with Crippen LogP contribution < -0.4 is 11.3 Å². The minimum absolute atomic E-state index is 0.173. The van der Waals surface area contributed by atoms with Gasteiger partial charge in [-0.1, -0.05) is 29.3 Å². The number of nitrogens with two attached hydrogens (primary N) is 1. The molecule has 90 valence electrons. The summed E-state index contributed by atoms with van der Waals surface area (Å²) in [6, 6.07) is 6.09. The average Bonchev–Trinajstić information content (AvgIpc) is 2.24. The maximum atomic E-state index is 5.55. The second kappa shape index (κ2) is 5.96. The van der Waals surface area contributed by atoms with Gasteiger partial charge < -0.3 is 9.47 Å². The topological polar surface area (TPSA) is 56.5 Å². The van der Waals surface area contributed by atoms with E-state index in [2.05, 4.69) is 37.5 Å². The Morgan fingerprint density at radius 3 is 1.94 bits per heavy atom. The van der Waals surface area contributed by atoms with Crippen LogP contribution in [0.4, 0.5) is 0 Å². The molecule has 0 aromatic heterocycles. The van der Waals surface area contributed by atoms with Gasteiger partial charge in [-0.05, 0) is 19.4 Å². The van der Waals surface area contributed by atoms with Crippen molar-refractivity contribution in [2.45, 2.75) is 26.2 Å². The third kappa shape index (κ3) is 3.02. The maximum Gasteiger partial charge on any atom is 0.177 e. The van der Waals surface area contributed by atoms with Gasteiger partial charge in [-0.15, -0.1) is 0 Å². The van der Waals surface area contributed by atoms with Crippen LogP contribution in [0.3, 0.4) is 0 Å². The molecule has 0 bridgehead atoms. The van der Waals surface area contributed by atoms with Crippen LogP contribution in [-0.4, -0.2) is 20.5 Å². The number of rotatable bonds is 5. The van der Waals surface area contributed by atoms with Crippen molar-refractivity contribution >= 4 is 0 Å². The Hall–Kier alpha value is -0.940. The van der Waals surface area contributed by atoms with Crippen LogP contribution in [0.1, 0.15) is 22.7 Å². The van der Waals surface area contributed by atoms with Crippen LogP contribution in [0, 0.1) is 13.8 Å². The van der Waals surface area contributed by atoms with Crippen molar-refractivity contribution in [1.82, 2.24) is 5.43 Å². The van der Waals surface area contributed by atoms with E-state index in [1.807, 2.05) is 0 Å². The number of hydrazine groups is 1. The summed E-state index contributed by atoms with van der Waals surface area (Å²) in [6.45, 7) is 4.11. The van der Waals surface area contributed by atoms with E-state index in [-0.39, 0.29) is 6.04 Å². The Kier molecular flexibility index (Phi) is 4.89. The van der Waals surface area contributed by atoms with Gasteiger partial charge in [0.2, 0.25) is 0 Å². The van der Waals surface area contributed by atoms with Gasteiger partial charge >= 0.3 is 0 Å². The summed E-state index contributed by atoms with van der Waals surface area (Å²) in [5, 5.41) is 0. The summed E-state index contributed by atoms with van der Waals surface area (Å²) in [7, 11) is 3.20. The van der Waals surface area contributed by atoms with E-state index in [9.17, 15) is 0 Å². The van der Waals surface area contributed by atoms with Crippen molar-refractivity contribution in [1.29, 1.82) is 0 Å². The highest BCUT2D eigenvalue weighted by Crippen LogP contribution is 2.21. The van der Waals surface area contributed by atoms with Gasteiger partial charge in [-0.2, -0.15) is 0 Å². The van der Waals surface area contributed by atoms with Gasteiger partial charge in [0, 0.05) is 14.2 Å². The van der Waals surface area contributed by atoms with Gasteiger partial charge in [0.05, 0.1) is 6.04 Å². The first-order valence-corrected chi connectivity index (χ1v) is 5.22. The summed E-state index contributed by atoms with van der Waals surface area (Å²) >= 11 is 0. The molecule has 0 aliphatic carbocycles. The Morgan fingerprint density at radius 1 is 1.06 bits per heavy atom. The van der Waals surface area contributed by atoms with E-state index in [0.29, 0.717) is 0 Å². The first-order valence-electron chi connectivity index (χ1n) is 5.22. The lowest BCUT2D eigenvalue weighted by Crippen LogP contribution is -2.38. The van der Waals surface area contributed by atoms with Crippen molar-refractivity contribution in [3.8, 4) is 0 Å². The van der Waals surface area contributed by atoms with Crippen LogP contribution in [0.2, 0.25) is 0 Å². The zero-order valence-corrected chi connectivity index (χ0v) is 10.3. The lowest BCUT2D eigenvalue weighted by molar-refractivity contribution is -0.124. The van der Waals surface area contributed by atoms with Gasteiger partial charge in [-0.25, -0.2) is 5.43 Å². The fraction of sp³-hybridized carbons (Fsp3) is 0.500. The van der Waals surface area contributed by atoms with Gasteiger partial charge in [0.15, 0.2) is 6.29 Å². The molecule has 0 saturated carbocycles. The quantitative estimate of drug-likeness (QED) is 0.451. The van der Waals surface area contributed by atoms with E-state index in [4.69, 9.17) is 15.3 Å². The maximum absolute atomic E-state index is 5.55. The average molecular weight is 224 g/mol. The van der Waals surface area contributed by atoms with Crippen molar-refractivity contribution in [2.24, 2.45) is 5.84 Å². The third-order valence-electron chi connectivity index (χ3n) is 2.52. The van der Waals surface area contributed by atoms with Gasteiger partial charge in [-0.3, -0.25) is 5.84 Å². The summed E-state index contributed by atoms with van der Waals surface area (Å²) in [5.41, 5.74) is 6.18. The molecule has 0 heterocycles. The standard InChI is InChI=1S/C12H20N2O2/c1-8-5-9(2)7-10(6-8)11(14-13)12(15-3)16-4/h5-7,11-12,14H,13H2,1-4H3. The van der Waals surface area contributed by atoms with E-state index < -0.39 is 6.29 Å². The fourth-order valence-corrected chi connectivity index (χ4v) is 1.89. The summed E-state index contributed by atoms with van der Waals surface area (Å²) in [5.74, 6) is 5.55. The Morgan fingerprint density at radius 2 is 1.56 bits per heavy atom. The van der Waals surface area contributed by atoms with Crippen LogP contribution in [0.25, 0.3) is 0 Å². The number of hydrogen-bond donors (Lipinski definition) is 2. The second-order valence-corrected chi connectivity index (χ2v) is 3.91. The highest BCUT2D eigenvalue weighted by Gasteiger charge is 2.21. The van der Waals surface area contributed by atoms with Gasteiger partial charge in [0.1, 0.15) is 0 Å². The number of hydrogen-bond acceptors (Lipinski definition) is 4. The molecule has 0 radical (unpaired) electrons. The van der Waals surface area contributed by atoms with Crippen LogP contribution in [0.5, 0.6) is 0 Å². The second-order valence-electron chi connectivity index (χ2n) is 3.91. The molecule has 1 atom stereocenters. The third-order valence-corrected chi connectivity index (χ3v) is 2.52. The van der Waals surface area contributed by atoms with Gasteiger partial charge in [0.25, 0.3) is 0 Å². The number of ether oxygens (including phenoxy) is 2. The summed E-state index contributed by atoms with van der Waals surface area (Å²) in [6.07, 6.45) is -0.397. The lowest BCUT2D eigenvalue weighted by Gasteiger charge is -2.24. The van der Waals surface area contributed by atoms with Crippen LogP contribution in [-0.2, 0) is 9.47 Å². The van der Waals surface area contributed by atoms with E-state index >= 15 is 0 Å². The smallest absolute Gasteiger partial charge is 0.177 e. The molecule has 16 heavy (non-hydrogen) atoms. The monoisotopic (exact) mass is 224 g/mol. The molecule has 0 aliphatic rings. The number of aryl methyl sites for hydroxylation is 2. The molecule has 0 amide bonds. The molecule has 0 fully saturated rings. The molecule has 1 aromatic carbocycles. The molecular formula is C12H20N2O2. The lowest BCUT2D eigenvalue weighted by atomic mass is 10.0. The first-order chi connectivity index (χ1) is 7.62. The number of nitrogens with one attached hydrogen (secondary N) is 1. The minimum atomic E-state index is -0.397. The molecular weight excluding hydrogens is 204 g/mol. The van der Waals surface area contributed by atoms with Crippen LogP contribution >= 0.6 is 0 Å². The largest absolute Gasteiger partial charge is 0.354 e. The molecule has 1 unspecified atom stereocenters. The molecule has 1 aromatic rings. The van der Waals surface area contributed by atoms with Crippen molar-refractivity contribution < 1.29 is 9.47 Å². The first kappa shape index (κ1) is 13.1. The number of methoxy groups -OCH3 is 2. The Labute approximate surface area is 96.7 Å². The van der Waals surface area contributed by atoms with Crippen molar-refractivity contribution in [3.63, 3.8) is 0 Å². The summed E-state index contributed by atoms with van der Waals surface area (Å²) < 4.78 is 10.4. The SMILES string of the molecule is COC(OC)C(NN)c1cc(C)cc(C)c1. The zero-order valence-electron chi connectivity index (χ0n) is 10.3. The van der Waals surface area contributed by atoms with E-state index in [0.717, 1.165) is 5.56 Å². The molecule has 4 heteroatoms.